The first-order chi connectivity index (χ1) is 5.90. The predicted molar refractivity (Wildman–Crippen MR) is 48.0 cm³/mol. The molecule has 1 heterocycles. The number of benzene rings is 1. The second-order valence-corrected chi connectivity index (χ2v) is 2.84. The molecule has 12 heavy (non-hydrogen) atoms. The summed E-state index contributed by atoms with van der Waals surface area (Å²) in [6.45, 7) is 1.01. The summed E-state index contributed by atoms with van der Waals surface area (Å²) >= 11 is 0. The Bertz CT molecular complexity index is 320. The fraction of sp³-hybridized carbons (Fsp3) is 0.222. The standard InChI is InChI=1S/C9H10N2O/c12-11-6-7-1-2-9-8(5-7)3-4-10-9/h1-2,5-6,10,12H,3-4H2/b11-6+. The monoisotopic (exact) mass is 162 g/mol. The molecule has 0 unspecified atom stereocenters. The van der Waals surface area contributed by atoms with Gasteiger partial charge in [-0.3, -0.25) is 0 Å². The summed E-state index contributed by atoms with van der Waals surface area (Å²) in [5.74, 6) is 0. The van der Waals surface area contributed by atoms with Crippen molar-refractivity contribution in [2.24, 2.45) is 5.16 Å². The SMILES string of the molecule is O/N=C/c1ccc2c(c1)CCN2. The average molecular weight is 162 g/mol. The van der Waals surface area contributed by atoms with Gasteiger partial charge in [0.2, 0.25) is 0 Å². The van der Waals surface area contributed by atoms with Crippen molar-refractivity contribution in [3.8, 4) is 0 Å². The fourth-order valence-corrected chi connectivity index (χ4v) is 1.47. The molecule has 3 nitrogen and oxygen atoms in total. The van der Waals surface area contributed by atoms with Gasteiger partial charge in [0.1, 0.15) is 0 Å². The Kier molecular flexibility index (Phi) is 1.70. The average Bonchev–Trinajstić information content (AvgIpc) is 2.51. The van der Waals surface area contributed by atoms with E-state index in [2.05, 4.69) is 10.5 Å². The quantitative estimate of drug-likeness (QED) is 0.373. The number of rotatable bonds is 1. The van der Waals surface area contributed by atoms with Crippen LogP contribution in [0.4, 0.5) is 5.69 Å². The number of nitrogens with zero attached hydrogens (tertiary/aromatic N) is 1. The van der Waals surface area contributed by atoms with Crippen LogP contribution >= 0.6 is 0 Å². The van der Waals surface area contributed by atoms with E-state index < -0.39 is 0 Å². The first kappa shape index (κ1) is 7.16. The van der Waals surface area contributed by atoms with Crippen LogP contribution < -0.4 is 5.32 Å². The maximum atomic E-state index is 8.32. The van der Waals surface area contributed by atoms with Gasteiger partial charge in [0, 0.05) is 12.2 Å². The third-order valence-corrected chi connectivity index (χ3v) is 2.05. The molecule has 1 aliphatic rings. The first-order valence-corrected chi connectivity index (χ1v) is 3.94. The molecule has 3 heteroatoms. The summed E-state index contributed by atoms with van der Waals surface area (Å²) < 4.78 is 0. The lowest BCUT2D eigenvalue weighted by atomic mass is 10.1. The zero-order chi connectivity index (χ0) is 8.39. The molecule has 0 fully saturated rings. The Morgan fingerprint density at radius 2 is 2.42 bits per heavy atom. The topological polar surface area (TPSA) is 44.6 Å². The molecular weight excluding hydrogens is 152 g/mol. The largest absolute Gasteiger partial charge is 0.411 e. The van der Waals surface area contributed by atoms with Gasteiger partial charge >= 0.3 is 0 Å². The number of fused-ring (bicyclic) bond motifs is 1. The van der Waals surface area contributed by atoms with E-state index >= 15 is 0 Å². The minimum absolute atomic E-state index is 0.944. The van der Waals surface area contributed by atoms with Crippen LogP contribution in [0.15, 0.2) is 23.4 Å². The number of anilines is 1. The van der Waals surface area contributed by atoms with Crippen molar-refractivity contribution in [2.75, 3.05) is 11.9 Å². The van der Waals surface area contributed by atoms with Gasteiger partial charge in [-0.2, -0.15) is 0 Å². The summed E-state index contributed by atoms with van der Waals surface area (Å²) in [5.41, 5.74) is 3.44. The molecular formula is C9H10N2O. The summed E-state index contributed by atoms with van der Waals surface area (Å²) in [5, 5.41) is 14.6. The maximum absolute atomic E-state index is 8.32. The third kappa shape index (κ3) is 1.13. The van der Waals surface area contributed by atoms with Gasteiger partial charge in [-0.1, -0.05) is 11.2 Å². The molecule has 0 bridgehead atoms. The molecule has 1 aromatic carbocycles. The molecule has 1 aliphatic heterocycles. The minimum Gasteiger partial charge on any atom is -0.411 e. The molecule has 0 radical (unpaired) electrons. The van der Waals surface area contributed by atoms with Gasteiger partial charge in [0.15, 0.2) is 0 Å². The van der Waals surface area contributed by atoms with E-state index in [1.807, 2.05) is 18.2 Å². The van der Waals surface area contributed by atoms with Crippen molar-refractivity contribution < 1.29 is 5.21 Å². The van der Waals surface area contributed by atoms with E-state index in [0.29, 0.717) is 0 Å². The van der Waals surface area contributed by atoms with Gasteiger partial charge < -0.3 is 10.5 Å². The Hall–Kier alpha value is -1.51. The van der Waals surface area contributed by atoms with Gasteiger partial charge in [-0.05, 0) is 29.7 Å². The Morgan fingerprint density at radius 1 is 1.50 bits per heavy atom. The van der Waals surface area contributed by atoms with Gasteiger partial charge in [-0.25, -0.2) is 0 Å². The lowest BCUT2D eigenvalue weighted by Gasteiger charge is -1.98. The number of hydrogen-bond donors (Lipinski definition) is 2. The minimum atomic E-state index is 0.944. The van der Waals surface area contributed by atoms with Crippen LogP contribution in [0.25, 0.3) is 0 Å². The smallest absolute Gasteiger partial charge is 0.0733 e. The van der Waals surface area contributed by atoms with Crippen LogP contribution in [-0.2, 0) is 6.42 Å². The maximum Gasteiger partial charge on any atom is 0.0733 e. The Balaban J connectivity index is 2.38. The molecule has 0 saturated heterocycles. The van der Waals surface area contributed by atoms with Crippen LogP contribution in [0.5, 0.6) is 0 Å². The van der Waals surface area contributed by atoms with E-state index in [-0.39, 0.29) is 0 Å². The molecule has 2 rings (SSSR count). The zero-order valence-corrected chi connectivity index (χ0v) is 6.62. The van der Waals surface area contributed by atoms with E-state index in [4.69, 9.17) is 5.21 Å². The highest BCUT2D eigenvalue weighted by Crippen LogP contribution is 2.22. The van der Waals surface area contributed by atoms with Gasteiger partial charge in [0.05, 0.1) is 6.21 Å². The molecule has 0 amide bonds. The lowest BCUT2D eigenvalue weighted by Crippen LogP contribution is -1.90. The molecule has 0 aliphatic carbocycles. The lowest BCUT2D eigenvalue weighted by molar-refractivity contribution is 0.322. The first-order valence-electron chi connectivity index (χ1n) is 3.94. The van der Waals surface area contributed by atoms with E-state index in [1.54, 1.807) is 0 Å². The van der Waals surface area contributed by atoms with Gasteiger partial charge in [0.25, 0.3) is 0 Å². The van der Waals surface area contributed by atoms with Crippen LogP contribution in [-0.4, -0.2) is 18.0 Å². The van der Waals surface area contributed by atoms with Crippen molar-refractivity contribution in [3.05, 3.63) is 29.3 Å². The van der Waals surface area contributed by atoms with Crippen molar-refractivity contribution in [1.29, 1.82) is 0 Å². The fourth-order valence-electron chi connectivity index (χ4n) is 1.47. The third-order valence-electron chi connectivity index (χ3n) is 2.05. The molecule has 0 aromatic heterocycles. The molecule has 0 atom stereocenters. The Morgan fingerprint density at radius 3 is 3.25 bits per heavy atom. The van der Waals surface area contributed by atoms with E-state index in [0.717, 1.165) is 18.5 Å². The predicted octanol–water partition coefficient (Wildman–Crippen LogP) is 1.46. The van der Waals surface area contributed by atoms with Crippen molar-refractivity contribution in [3.63, 3.8) is 0 Å². The van der Waals surface area contributed by atoms with Crippen LogP contribution in [0.1, 0.15) is 11.1 Å². The molecule has 2 N–H and O–H groups in total. The molecule has 1 aromatic rings. The summed E-state index contributed by atoms with van der Waals surface area (Å²) in [7, 11) is 0. The number of oxime groups is 1. The van der Waals surface area contributed by atoms with Crippen LogP contribution in [0.3, 0.4) is 0 Å². The summed E-state index contributed by atoms with van der Waals surface area (Å²) in [4.78, 5) is 0. The second-order valence-electron chi connectivity index (χ2n) is 2.84. The molecule has 62 valence electrons. The van der Waals surface area contributed by atoms with Crippen molar-refractivity contribution in [1.82, 2.24) is 0 Å². The normalized spacial score (nSPS) is 14.7. The van der Waals surface area contributed by atoms with E-state index in [9.17, 15) is 0 Å². The number of hydrogen-bond acceptors (Lipinski definition) is 3. The zero-order valence-electron chi connectivity index (χ0n) is 6.62. The van der Waals surface area contributed by atoms with Crippen LogP contribution in [0.2, 0.25) is 0 Å². The highest BCUT2D eigenvalue weighted by atomic mass is 16.4. The molecule has 0 spiro atoms. The van der Waals surface area contributed by atoms with E-state index in [1.165, 1.54) is 17.5 Å². The highest BCUT2D eigenvalue weighted by Gasteiger charge is 2.08. The summed E-state index contributed by atoms with van der Waals surface area (Å²) in [6, 6.07) is 5.98. The van der Waals surface area contributed by atoms with Gasteiger partial charge in [-0.15, -0.1) is 0 Å². The molecule has 0 saturated carbocycles. The second kappa shape index (κ2) is 2.85. The van der Waals surface area contributed by atoms with Crippen LogP contribution in [0, 0.1) is 0 Å². The van der Waals surface area contributed by atoms with Crippen molar-refractivity contribution in [2.45, 2.75) is 6.42 Å². The van der Waals surface area contributed by atoms with Crippen molar-refractivity contribution >= 4 is 11.9 Å². The Labute approximate surface area is 70.7 Å². The highest BCUT2D eigenvalue weighted by molar-refractivity contribution is 5.81. The number of nitrogens with one attached hydrogen (secondary N) is 1. The summed E-state index contributed by atoms with van der Waals surface area (Å²) in [6.07, 6.45) is 2.50.